The Hall–Kier alpha value is -3.65. The maximum atomic E-state index is 12.2. The first-order valence-electron chi connectivity index (χ1n) is 8.13. The molecule has 2 N–H and O–H groups in total. The number of hydrogen-bond acceptors (Lipinski definition) is 3. The molecule has 0 spiro atoms. The van der Waals surface area contributed by atoms with E-state index in [4.69, 9.17) is 0 Å². The van der Waals surface area contributed by atoms with Gasteiger partial charge in [0.2, 0.25) is 0 Å². The summed E-state index contributed by atoms with van der Waals surface area (Å²) >= 11 is 0. The van der Waals surface area contributed by atoms with Gasteiger partial charge >= 0.3 is 0 Å². The highest BCUT2D eigenvalue weighted by Gasteiger charge is 2.08. The third-order valence-corrected chi connectivity index (χ3v) is 3.79. The van der Waals surface area contributed by atoms with E-state index in [0.29, 0.717) is 16.8 Å². The van der Waals surface area contributed by atoms with Crippen molar-refractivity contribution in [2.24, 2.45) is 0 Å². The summed E-state index contributed by atoms with van der Waals surface area (Å²) in [6, 6.07) is 18.2. The highest BCUT2D eigenvalue weighted by atomic mass is 16.2. The summed E-state index contributed by atoms with van der Waals surface area (Å²) in [7, 11) is 1.57. The summed E-state index contributed by atoms with van der Waals surface area (Å²) in [5, 5.41) is 6.28. The summed E-state index contributed by atoms with van der Waals surface area (Å²) in [5.41, 5.74) is 2.23. The minimum atomic E-state index is -0.287. The molecule has 0 aliphatic heterocycles. The van der Waals surface area contributed by atoms with Gasteiger partial charge < -0.3 is 10.6 Å². The molecule has 2 amide bonds. The van der Waals surface area contributed by atoms with Crippen LogP contribution in [0.25, 0.3) is 10.9 Å². The van der Waals surface area contributed by atoms with Gasteiger partial charge in [0.15, 0.2) is 0 Å². The predicted molar refractivity (Wildman–Crippen MR) is 101 cm³/mol. The largest absolute Gasteiger partial charge is 0.355 e. The number of fused-ring (bicyclic) bond motifs is 1. The second-order valence-electron chi connectivity index (χ2n) is 5.50. The normalized spacial score (nSPS) is 9.88. The van der Waals surface area contributed by atoms with Gasteiger partial charge in [-0.05, 0) is 24.3 Å². The lowest BCUT2D eigenvalue weighted by Crippen LogP contribution is -2.24. The van der Waals surface area contributed by atoms with Crippen LogP contribution in [0, 0.1) is 11.8 Å². The maximum absolute atomic E-state index is 12.2. The molecule has 0 saturated heterocycles. The number of nitrogens with one attached hydrogen (secondary N) is 2. The summed E-state index contributed by atoms with van der Waals surface area (Å²) in [4.78, 5) is 28.4. The third-order valence-electron chi connectivity index (χ3n) is 3.79. The predicted octanol–water partition coefficient (Wildman–Crippen LogP) is 2.38. The summed E-state index contributed by atoms with van der Waals surface area (Å²) in [5.74, 6) is 5.31. The molecule has 5 nitrogen and oxygen atoms in total. The van der Waals surface area contributed by atoms with Crippen molar-refractivity contribution in [2.45, 2.75) is 0 Å². The van der Waals surface area contributed by atoms with E-state index in [1.54, 1.807) is 31.3 Å². The van der Waals surface area contributed by atoms with Crippen LogP contribution >= 0.6 is 0 Å². The first kappa shape index (κ1) is 17.2. The lowest BCUT2D eigenvalue weighted by atomic mass is 10.1. The first-order valence-corrected chi connectivity index (χ1v) is 8.13. The van der Waals surface area contributed by atoms with Crippen LogP contribution in [0.1, 0.15) is 26.4 Å². The SMILES string of the molecule is CNC(=O)c1ccccc1C#CCNC(=O)c1ccc2ccccc2n1. The van der Waals surface area contributed by atoms with Crippen LogP contribution < -0.4 is 10.6 Å². The fourth-order valence-electron chi connectivity index (χ4n) is 2.47. The van der Waals surface area contributed by atoms with E-state index >= 15 is 0 Å². The van der Waals surface area contributed by atoms with Crippen molar-refractivity contribution in [2.75, 3.05) is 13.6 Å². The number of rotatable bonds is 3. The molecule has 2 aromatic carbocycles. The molecule has 0 fully saturated rings. The molecule has 3 rings (SSSR count). The molecule has 1 aromatic heterocycles. The molecule has 0 aliphatic carbocycles. The van der Waals surface area contributed by atoms with Crippen molar-refractivity contribution in [3.63, 3.8) is 0 Å². The number of amides is 2. The summed E-state index contributed by atoms with van der Waals surface area (Å²) < 4.78 is 0. The van der Waals surface area contributed by atoms with Crippen LogP contribution in [0.2, 0.25) is 0 Å². The second kappa shape index (κ2) is 7.95. The molecular formula is C21H17N3O2. The fraction of sp³-hybridized carbons (Fsp3) is 0.0952. The molecule has 0 radical (unpaired) electrons. The standard InChI is InChI=1S/C21H17N3O2/c1-22-20(25)17-10-4-2-7-15(17)9-6-14-23-21(26)19-13-12-16-8-3-5-11-18(16)24-19/h2-5,7-8,10-13H,14H2,1H3,(H,22,25)(H,23,26). The zero-order valence-corrected chi connectivity index (χ0v) is 14.2. The topological polar surface area (TPSA) is 71.1 Å². The van der Waals surface area contributed by atoms with Crippen molar-refractivity contribution >= 4 is 22.7 Å². The highest BCUT2D eigenvalue weighted by Crippen LogP contribution is 2.11. The molecular weight excluding hydrogens is 326 g/mol. The minimum absolute atomic E-state index is 0.162. The summed E-state index contributed by atoms with van der Waals surface area (Å²) in [6.45, 7) is 0.162. The Morgan fingerprint density at radius 2 is 1.73 bits per heavy atom. The number of nitrogens with zero attached hydrogens (tertiary/aromatic N) is 1. The number of para-hydroxylation sites is 1. The number of carbonyl (C=O) groups excluding carboxylic acids is 2. The molecule has 0 saturated carbocycles. The zero-order chi connectivity index (χ0) is 18.4. The van der Waals surface area contributed by atoms with Crippen LogP contribution in [-0.2, 0) is 0 Å². The molecule has 0 bridgehead atoms. The molecule has 3 aromatic rings. The van der Waals surface area contributed by atoms with Crippen molar-refractivity contribution in [1.29, 1.82) is 0 Å². The Balaban J connectivity index is 1.68. The summed E-state index contributed by atoms with van der Waals surface area (Å²) in [6.07, 6.45) is 0. The van der Waals surface area contributed by atoms with Crippen LogP contribution in [0.5, 0.6) is 0 Å². The van der Waals surface area contributed by atoms with E-state index in [0.717, 1.165) is 10.9 Å². The van der Waals surface area contributed by atoms with E-state index in [1.807, 2.05) is 36.4 Å². The lowest BCUT2D eigenvalue weighted by Gasteiger charge is -2.03. The molecule has 26 heavy (non-hydrogen) atoms. The minimum Gasteiger partial charge on any atom is -0.355 e. The first-order chi connectivity index (χ1) is 12.7. The van der Waals surface area contributed by atoms with Gasteiger partial charge in [-0.1, -0.05) is 48.2 Å². The Morgan fingerprint density at radius 3 is 2.58 bits per heavy atom. The van der Waals surface area contributed by atoms with Gasteiger partial charge in [0, 0.05) is 18.0 Å². The Morgan fingerprint density at radius 1 is 0.962 bits per heavy atom. The molecule has 0 aliphatic rings. The molecule has 5 heteroatoms. The van der Waals surface area contributed by atoms with E-state index in [1.165, 1.54) is 0 Å². The lowest BCUT2D eigenvalue weighted by molar-refractivity contribution is 0.0949. The van der Waals surface area contributed by atoms with Gasteiger partial charge in [0.1, 0.15) is 5.69 Å². The molecule has 0 atom stereocenters. The Labute approximate surface area is 151 Å². The van der Waals surface area contributed by atoms with E-state index < -0.39 is 0 Å². The number of hydrogen-bond donors (Lipinski definition) is 2. The smallest absolute Gasteiger partial charge is 0.270 e. The number of aromatic nitrogens is 1. The van der Waals surface area contributed by atoms with Crippen LogP contribution in [0.4, 0.5) is 0 Å². The zero-order valence-electron chi connectivity index (χ0n) is 14.2. The highest BCUT2D eigenvalue weighted by molar-refractivity contribution is 5.96. The average molecular weight is 343 g/mol. The van der Waals surface area contributed by atoms with E-state index in [-0.39, 0.29) is 18.4 Å². The monoisotopic (exact) mass is 343 g/mol. The van der Waals surface area contributed by atoms with E-state index in [9.17, 15) is 9.59 Å². The van der Waals surface area contributed by atoms with Crippen molar-refractivity contribution in [3.05, 3.63) is 77.5 Å². The van der Waals surface area contributed by atoms with Crippen molar-refractivity contribution in [3.8, 4) is 11.8 Å². The average Bonchev–Trinajstić information content (AvgIpc) is 2.70. The second-order valence-corrected chi connectivity index (χ2v) is 5.50. The van der Waals surface area contributed by atoms with Crippen LogP contribution in [0.15, 0.2) is 60.7 Å². The van der Waals surface area contributed by atoms with Gasteiger partial charge in [-0.25, -0.2) is 4.98 Å². The fourth-order valence-corrected chi connectivity index (χ4v) is 2.47. The maximum Gasteiger partial charge on any atom is 0.270 e. The quantitative estimate of drug-likeness (QED) is 0.717. The third kappa shape index (κ3) is 3.87. The number of pyridine rings is 1. The number of carbonyl (C=O) groups is 2. The Kier molecular flexibility index (Phi) is 5.25. The number of benzene rings is 2. The van der Waals surface area contributed by atoms with Crippen molar-refractivity contribution < 1.29 is 9.59 Å². The van der Waals surface area contributed by atoms with Crippen molar-refractivity contribution in [1.82, 2.24) is 15.6 Å². The van der Waals surface area contributed by atoms with Gasteiger partial charge in [-0.15, -0.1) is 0 Å². The van der Waals surface area contributed by atoms with Crippen LogP contribution in [0.3, 0.4) is 0 Å². The van der Waals surface area contributed by atoms with Gasteiger partial charge in [0.25, 0.3) is 11.8 Å². The molecule has 1 heterocycles. The van der Waals surface area contributed by atoms with Gasteiger partial charge in [0.05, 0.1) is 17.6 Å². The van der Waals surface area contributed by atoms with Gasteiger partial charge in [-0.2, -0.15) is 0 Å². The Bertz CT molecular complexity index is 1030. The molecule has 128 valence electrons. The van der Waals surface area contributed by atoms with Gasteiger partial charge in [-0.3, -0.25) is 9.59 Å². The molecule has 0 unspecified atom stereocenters. The van der Waals surface area contributed by atoms with Crippen LogP contribution in [-0.4, -0.2) is 30.4 Å². The van der Waals surface area contributed by atoms with E-state index in [2.05, 4.69) is 27.5 Å².